The molecule has 3 heterocycles. The van der Waals surface area contributed by atoms with Crippen LogP contribution in [0.15, 0.2) is 58.2 Å². The minimum absolute atomic E-state index is 0.0517. The first kappa shape index (κ1) is 21.7. The predicted octanol–water partition coefficient (Wildman–Crippen LogP) is 3.22. The number of sulfonamides is 1. The summed E-state index contributed by atoms with van der Waals surface area (Å²) >= 11 is 0. The van der Waals surface area contributed by atoms with E-state index >= 15 is 0 Å². The number of carbonyl (C=O) groups is 1. The lowest BCUT2D eigenvalue weighted by molar-refractivity contribution is -0.117. The van der Waals surface area contributed by atoms with Crippen LogP contribution in [0.2, 0.25) is 0 Å². The summed E-state index contributed by atoms with van der Waals surface area (Å²) < 4.78 is 34.5. The third-order valence-corrected chi connectivity index (χ3v) is 6.87. The number of nitrogens with zero attached hydrogens (tertiary/aromatic N) is 3. The van der Waals surface area contributed by atoms with Gasteiger partial charge in [0.05, 0.1) is 11.7 Å². The number of hydrogen-bond donors (Lipinski definition) is 2. The minimum atomic E-state index is -3.95. The van der Waals surface area contributed by atoms with E-state index in [2.05, 4.69) is 20.2 Å². The van der Waals surface area contributed by atoms with Gasteiger partial charge in [0.2, 0.25) is 15.9 Å². The van der Waals surface area contributed by atoms with Gasteiger partial charge in [-0.25, -0.2) is 13.4 Å². The number of pyridine rings is 1. The van der Waals surface area contributed by atoms with Gasteiger partial charge in [0.15, 0.2) is 5.76 Å². The number of carbonyl (C=O) groups excluding carboxylic acids is 1. The van der Waals surface area contributed by atoms with Crippen molar-refractivity contribution in [1.82, 2.24) is 19.3 Å². The van der Waals surface area contributed by atoms with Crippen molar-refractivity contribution in [2.45, 2.75) is 38.6 Å². The molecular formula is C22H23N5O4S. The van der Waals surface area contributed by atoms with Crippen molar-refractivity contribution in [3.05, 3.63) is 65.8 Å². The fourth-order valence-corrected chi connectivity index (χ4v) is 5.00. The Hall–Kier alpha value is -3.50. The van der Waals surface area contributed by atoms with E-state index in [1.807, 2.05) is 48.0 Å². The molecule has 0 unspecified atom stereocenters. The monoisotopic (exact) mass is 453 g/mol. The van der Waals surface area contributed by atoms with Gasteiger partial charge in [-0.1, -0.05) is 23.4 Å². The molecule has 4 rings (SSSR count). The summed E-state index contributed by atoms with van der Waals surface area (Å²) in [5.74, 6) is -0.322. The molecule has 0 spiro atoms. The number of aromatic nitrogens is 3. The van der Waals surface area contributed by atoms with Crippen LogP contribution in [0.3, 0.4) is 0 Å². The van der Waals surface area contributed by atoms with Gasteiger partial charge in [0.25, 0.3) is 0 Å². The molecule has 4 aromatic rings. The molecule has 9 nitrogen and oxygen atoms in total. The number of nitrogens with one attached hydrogen (secondary N) is 2. The van der Waals surface area contributed by atoms with Crippen molar-refractivity contribution in [3.8, 4) is 11.3 Å². The van der Waals surface area contributed by atoms with Crippen LogP contribution in [0.1, 0.15) is 23.9 Å². The third-order valence-electron chi connectivity index (χ3n) is 5.09. The van der Waals surface area contributed by atoms with Gasteiger partial charge in [-0.3, -0.25) is 4.79 Å². The molecule has 0 aliphatic rings. The number of hydrogen-bond acceptors (Lipinski definition) is 6. The van der Waals surface area contributed by atoms with Crippen LogP contribution in [0, 0.1) is 20.8 Å². The van der Waals surface area contributed by atoms with E-state index in [0.29, 0.717) is 5.69 Å². The van der Waals surface area contributed by atoms with Crippen molar-refractivity contribution >= 4 is 27.3 Å². The second-order valence-electron chi connectivity index (χ2n) is 7.61. The zero-order valence-electron chi connectivity index (χ0n) is 18.1. The summed E-state index contributed by atoms with van der Waals surface area (Å²) in [5, 5.41) is 6.38. The van der Waals surface area contributed by atoms with E-state index in [1.165, 1.54) is 20.8 Å². The lowest BCUT2D eigenvalue weighted by atomic mass is 10.1. The number of anilines is 1. The molecule has 0 saturated carbocycles. The van der Waals surface area contributed by atoms with Gasteiger partial charge in [0, 0.05) is 23.6 Å². The van der Waals surface area contributed by atoms with Gasteiger partial charge >= 0.3 is 0 Å². The fourth-order valence-electron chi connectivity index (χ4n) is 3.47. The van der Waals surface area contributed by atoms with Crippen LogP contribution < -0.4 is 10.0 Å². The van der Waals surface area contributed by atoms with E-state index in [4.69, 9.17) is 4.52 Å². The largest absolute Gasteiger partial charge is 0.360 e. The second kappa shape index (κ2) is 8.21. The van der Waals surface area contributed by atoms with E-state index in [-0.39, 0.29) is 16.3 Å². The zero-order chi connectivity index (χ0) is 23.0. The van der Waals surface area contributed by atoms with Gasteiger partial charge in [-0.05, 0) is 51.5 Å². The summed E-state index contributed by atoms with van der Waals surface area (Å²) in [4.78, 5) is 17.2. The molecule has 3 aromatic heterocycles. The SMILES string of the molecule is Cc1noc(C)c1S(=O)(=O)N[C@@H](C)C(=O)Nc1ccc(-c2cn3cccc(C)c3n2)cc1. The van der Waals surface area contributed by atoms with Gasteiger partial charge in [-0.2, -0.15) is 4.72 Å². The van der Waals surface area contributed by atoms with Crippen molar-refractivity contribution in [2.75, 3.05) is 5.32 Å². The highest BCUT2D eigenvalue weighted by Crippen LogP contribution is 2.23. The van der Waals surface area contributed by atoms with Crippen LogP contribution in [-0.2, 0) is 14.8 Å². The molecule has 1 atom stereocenters. The van der Waals surface area contributed by atoms with Gasteiger partial charge in [0.1, 0.15) is 16.2 Å². The van der Waals surface area contributed by atoms with Crippen LogP contribution in [-0.4, -0.2) is 34.9 Å². The third kappa shape index (κ3) is 4.14. The molecular weight excluding hydrogens is 430 g/mol. The molecule has 10 heteroatoms. The lowest BCUT2D eigenvalue weighted by Crippen LogP contribution is -2.41. The van der Waals surface area contributed by atoms with E-state index in [9.17, 15) is 13.2 Å². The number of fused-ring (bicyclic) bond motifs is 1. The van der Waals surface area contributed by atoms with E-state index in [1.54, 1.807) is 12.1 Å². The summed E-state index contributed by atoms with van der Waals surface area (Å²) in [6.45, 7) is 6.51. The zero-order valence-corrected chi connectivity index (χ0v) is 18.9. The first-order valence-corrected chi connectivity index (χ1v) is 11.4. The topological polar surface area (TPSA) is 119 Å². The number of amides is 1. The van der Waals surface area contributed by atoms with Gasteiger partial charge < -0.3 is 14.2 Å². The predicted molar refractivity (Wildman–Crippen MR) is 120 cm³/mol. The molecule has 0 bridgehead atoms. The number of imidazole rings is 1. The van der Waals surface area contributed by atoms with E-state index < -0.39 is 22.0 Å². The van der Waals surface area contributed by atoms with Crippen LogP contribution in [0.25, 0.3) is 16.9 Å². The Morgan fingerprint density at radius 3 is 2.47 bits per heavy atom. The molecule has 0 radical (unpaired) electrons. The Bertz CT molecular complexity index is 1380. The van der Waals surface area contributed by atoms with Gasteiger partial charge in [-0.15, -0.1) is 0 Å². The first-order valence-electron chi connectivity index (χ1n) is 9.96. The van der Waals surface area contributed by atoms with Crippen molar-refractivity contribution in [3.63, 3.8) is 0 Å². The highest BCUT2D eigenvalue weighted by atomic mass is 32.2. The maximum absolute atomic E-state index is 12.6. The average molecular weight is 454 g/mol. The van der Waals surface area contributed by atoms with Crippen molar-refractivity contribution in [1.29, 1.82) is 0 Å². The summed E-state index contributed by atoms with van der Waals surface area (Å²) in [7, 11) is -3.95. The van der Waals surface area contributed by atoms with Crippen molar-refractivity contribution in [2.24, 2.45) is 0 Å². The Morgan fingerprint density at radius 1 is 1.12 bits per heavy atom. The molecule has 0 aliphatic heterocycles. The molecule has 1 aromatic carbocycles. The fraction of sp³-hybridized carbons (Fsp3) is 0.227. The lowest BCUT2D eigenvalue weighted by Gasteiger charge is -2.14. The molecule has 166 valence electrons. The van der Waals surface area contributed by atoms with E-state index in [0.717, 1.165) is 22.5 Å². The normalized spacial score (nSPS) is 12.8. The molecule has 32 heavy (non-hydrogen) atoms. The molecule has 2 N–H and O–H groups in total. The smallest absolute Gasteiger partial charge is 0.246 e. The highest BCUT2D eigenvalue weighted by molar-refractivity contribution is 7.89. The number of aryl methyl sites for hydroxylation is 3. The molecule has 0 saturated heterocycles. The molecule has 0 fully saturated rings. The maximum Gasteiger partial charge on any atom is 0.246 e. The summed E-state index contributed by atoms with van der Waals surface area (Å²) in [6.07, 6.45) is 3.89. The highest BCUT2D eigenvalue weighted by Gasteiger charge is 2.28. The second-order valence-corrected chi connectivity index (χ2v) is 9.26. The first-order chi connectivity index (χ1) is 15.2. The van der Waals surface area contributed by atoms with Crippen LogP contribution >= 0.6 is 0 Å². The number of rotatable bonds is 6. The molecule has 1 amide bonds. The Morgan fingerprint density at radius 2 is 1.84 bits per heavy atom. The standard InChI is InChI=1S/C22H23N5O4S/c1-13-6-5-11-27-12-19(24-21(13)27)17-7-9-18(10-8-17)23-22(28)15(3)26-32(29,30)20-14(2)25-31-16(20)4/h5-12,15,26H,1-4H3,(H,23,28)/t15-/m0/s1. The summed E-state index contributed by atoms with van der Waals surface area (Å²) in [6, 6.07) is 10.2. The molecule has 0 aliphatic carbocycles. The van der Waals surface area contributed by atoms with Crippen molar-refractivity contribution < 1.29 is 17.7 Å². The minimum Gasteiger partial charge on any atom is -0.360 e. The average Bonchev–Trinajstić information content (AvgIpc) is 3.32. The number of benzene rings is 1. The Balaban J connectivity index is 1.46. The Labute approximate surface area is 185 Å². The quantitative estimate of drug-likeness (QED) is 0.463. The maximum atomic E-state index is 12.6. The van der Waals surface area contributed by atoms with Crippen LogP contribution in [0.5, 0.6) is 0 Å². The summed E-state index contributed by atoms with van der Waals surface area (Å²) in [5.41, 5.74) is 4.47. The van der Waals surface area contributed by atoms with Crippen LogP contribution in [0.4, 0.5) is 5.69 Å². The Kier molecular flexibility index (Phi) is 5.57.